The second kappa shape index (κ2) is 8.71. The monoisotopic (exact) mass is 414 g/mol. The van der Waals surface area contributed by atoms with Crippen molar-refractivity contribution in [3.05, 3.63) is 113 Å². The van der Waals surface area contributed by atoms with Crippen LogP contribution in [0, 0.1) is 0 Å². The minimum atomic E-state index is -0.488. The minimum absolute atomic E-state index is 0.189. The van der Waals surface area contributed by atoms with Crippen molar-refractivity contribution < 1.29 is 9.21 Å². The van der Waals surface area contributed by atoms with E-state index in [4.69, 9.17) is 16.6 Å². The molecule has 0 fully saturated rings. The number of hydrogen-bond acceptors (Lipinski definition) is 4. The van der Waals surface area contributed by atoms with Gasteiger partial charge < -0.3 is 15.1 Å². The van der Waals surface area contributed by atoms with Crippen molar-refractivity contribution in [1.29, 1.82) is 0 Å². The van der Waals surface area contributed by atoms with E-state index in [0.29, 0.717) is 11.3 Å². The molecular weight excluding hydrogens is 396 g/mol. The average molecular weight is 414 g/mol. The number of hydrogen-bond donors (Lipinski definition) is 2. The Morgan fingerprint density at radius 3 is 2.10 bits per heavy atom. The fourth-order valence-electron chi connectivity index (χ4n) is 3.28. The topological polar surface area (TPSA) is 71.3 Å². The molecule has 4 aromatic rings. The Balaban J connectivity index is 1.53. The van der Waals surface area contributed by atoms with Crippen LogP contribution in [0.2, 0.25) is 0 Å². The molecule has 0 spiro atoms. The third kappa shape index (κ3) is 4.45. The fourth-order valence-corrected chi connectivity index (χ4v) is 3.50. The summed E-state index contributed by atoms with van der Waals surface area (Å²) in [6, 6.07) is 27.4. The molecule has 6 heteroatoms. The van der Waals surface area contributed by atoms with Crippen molar-refractivity contribution in [3.63, 3.8) is 0 Å². The molecule has 3 aromatic carbocycles. The normalized spacial score (nSPS) is 10.7. The average Bonchev–Trinajstić information content (AvgIpc) is 2.75. The molecule has 0 radical (unpaired) electrons. The van der Waals surface area contributed by atoms with E-state index in [1.165, 1.54) is 6.07 Å². The molecule has 0 saturated heterocycles. The van der Waals surface area contributed by atoms with Crippen LogP contribution in [0.1, 0.15) is 17.0 Å². The van der Waals surface area contributed by atoms with Gasteiger partial charge in [0.15, 0.2) is 5.11 Å². The molecule has 5 nitrogen and oxygen atoms in total. The largest absolute Gasteiger partial charge is 0.423 e. The van der Waals surface area contributed by atoms with Gasteiger partial charge in [-0.3, -0.25) is 4.79 Å². The van der Waals surface area contributed by atoms with Gasteiger partial charge in [0.05, 0.1) is 5.92 Å². The second-order valence-electron chi connectivity index (χ2n) is 6.70. The van der Waals surface area contributed by atoms with Crippen LogP contribution >= 0.6 is 12.2 Å². The summed E-state index contributed by atoms with van der Waals surface area (Å²) in [5, 5.41) is 6.75. The lowest BCUT2D eigenvalue weighted by atomic mass is 9.90. The van der Waals surface area contributed by atoms with Gasteiger partial charge in [0.1, 0.15) is 5.58 Å². The Morgan fingerprint density at radius 1 is 0.833 bits per heavy atom. The van der Waals surface area contributed by atoms with E-state index in [1.807, 2.05) is 60.7 Å². The van der Waals surface area contributed by atoms with E-state index >= 15 is 0 Å². The number of fused-ring (bicyclic) bond motifs is 1. The van der Waals surface area contributed by atoms with Gasteiger partial charge in [0.2, 0.25) is 5.91 Å². The third-order valence-electron chi connectivity index (χ3n) is 4.64. The summed E-state index contributed by atoms with van der Waals surface area (Å²) in [4.78, 5) is 24.4. The standard InChI is InChI=1S/C24H18N2O3S/c27-21-14-11-18-15-19(12-13-20(18)29-21)25-24(30)26-23(28)22(16-7-3-1-4-8-16)17-9-5-2-6-10-17/h1-15,22H,(H2,25,26,28,30). The highest BCUT2D eigenvalue weighted by Crippen LogP contribution is 2.25. The number of rotatable bonds is 4. The van der Waals surface area contributed by atoms with Crippen LogP contribution in [-0.2, 0) is 4.79 Å². The first-order valence-corrected chi connectivity index (χ1v) is 9.76. The lowest BCUT2D eigenvalue weighted by molar-refractivity contribution is -0.120. The summed E-state index contributed by atoms with van der Waals surface area (Å²) in [6.45, 7) is 0. The maximum Gasteiger partial charge on any atom is 0.336 e. The highest BCUT2D eigenvalue weighted by Gasteiger charge is 2.23. The fraction of sp³-hybridized carbons (Fsp3) is 0.0417. The second-order valence-corrected chi connectivity index (χ2v) is 7.11. The van der Waals surface area contributed by atoms with Crippen molar-refractivity contribution in [1.82, 2.24) is 5.32 Å². The summed E-state index contributed by atoms with van der Waals surface area (Å²) >= 11 is 5.36. The van der Waals surface area contributed by atoms with Crippen LogP contribution in [-0.4, -0.2) is 11.0 Å². The highest BCUT2D eigenvalue weighted by molar-refractivity contribution is 7.80. The first-order chi connectivity index (χ1) is 14.6. The number of anilines is 1. The molecule has 4 rings (SSSR count). The smallest absolute Gasteiger partial charge is 0.336 e. The Labute approximate surface area is 178 Å². The van der Waals surface area contributed by atoms with Crippen LogP contribution in [0.4, 0.5) is 5.69 Å². The molecule has 1 amide bonds. The quantitative estimate of drug-likeness (QED) is 0.382. The summed E-state index contributed by atoms with van der Waals surface area (Å²) in [5.41, 5.74) is 2.52. The van der Waals surface area contributed by atoms with Gasteiger partial charge in [-0.15, -0.1) is 0 Å². The van der Waals surface area contributed by atoms with Crippen LogP contribution < -0.4 is 16.3 Å². The van der Waals surface area contributed by atoms with Gasteiger partial charge >= 0.3 is 5.63 Å². The number of carbonyl (C=O) groups excluding carboxylic acids is 1. The summed E-state index contributed by atoms with van der Waals surface area (Å²) in [6.07, 6.45) is 0. The van der Waals surface area contributed by atoms with Crippen molar-refractivity contribution in [2.24, 2.45) is 0 Å². The maximum absolute atomic E-state index is 13.1. The van der Waals surface area contributed by atoms with Crippen LogP contribution in [0.5, 0.6) is 0 Å². The zero-order valence-corrected chi connectivity index (χ0v) is 16.7. The molecule has 2 N–H and O–H groups in total. The summed E-state index contributed by atoms with van der Waals surface area (Å²) in [5.74, 6) is -0.713. The first kappa shape index (κ1) is 19.5. The predicted molar refractivity (Wildman–Crippen MR) is 122 cm³/mol. The Morgan fingerprint density at radius 2 is 1.47 bits per heavy atom. The Hall–Kier alpha value is -3.77. The van der Waals surface area contributed by atoms with E-state index in [1.54, 1.807) is 24.3 Å². The Bertz CT molecular complexity index is 1210. The molecule has 0 atom stereocenters. The van der Waals surface area contributed by atoms with E-state index < -0.39 is 11.5 Å². The highest BCUT2D eigenvalue weighted by atomic mass is 32.1. The molecule has 0 saturated carbocycles. The lowest BCUT2D eigenvalue weighted by Gasteiger charge is -2.18. The van der Waals surface area contributed by atoms with Crippen molar-refractivity contribution in [2.45, 2.75) is 5.92 Å². The molecule has 0 aliphatic heterocycles. The maximum atomic E-state index is 13.1. The number of amides is 1. The molecule has 0 aliphatic rings. The van der Waals surface area contributed by atoms with Gasteiger partial charge in [-0.05, 0) is 47.6 Å². The van der Waals surface area contributed by atoms with E-state index in [2.05, 4.69) is 10.6 Å². The molecule has 0 bridgehead atoms. The van der Waals surface area contributed by atoms with E-state index in [-0.39, 0.29) is 11.0 Å². The zero-order chi connectivity index (χ0) is 20.9. The first-order valence-electron chi connectivity index (χ1n) is 9.36. The van der Waals surface area contributed by atoms with E-state index in [9.17, 15) is 9.59 Å². The third-order valence-corrected chi connectivity index (χ3v) is 4.85. The number of carbonyl (C=O) groups is 1. The lowest BCUT2D eigenvalue weighted by Crippen LogP contribution is -2.37. The summed E-state index contributed by atoms with van der Waals surface area (Å²) < 4.78 is 5.13. The SMILES string of the molecule is O=C(NC(=S)Nc1ccc2oc(=O)ccc2c1)C(c1ccccc1)c1ccccc1. The van der Waals surface area contributed by atoms with Crippen molar-refractivity contribution >= 4 is 39.9 Å². The van der Waals surface area contributed by atoms with Crippen LogP contribution in [0.3, 0.4) is 0 Å². The molecule has 0 aliphatic carbocycles. The number of benzene rings is 3. The number of thiocarbonyl (C=S) groups is 1. The molecule has 1 aromatic heterocycles. The minimum Gasteiger partial charge on any atom is -0.423 e. The van der Waals surface area contributed by atoms with Crippen molar-refractivity contribution in [2.75, 3.05) is 5.32 Å². The zero-order valence-electron chi connectivity index (χ0n) is 15.9. The molecular formula is C24H18N2O3S. The molecule has 148 valence electrons. The van der Waals surface area contributed by atoms with Gasteiger partial charge in [-0.1, -0.05) is 60.7 Å². The Kier molecular flexibility index (Phi) is 5.68. The number of nitrogens with one attached hydrogen (secondary N) is 2. The molecule has 1 heterocycles. The van der Waals surface area contributed by atoms with Crippen LogP contribution in [0.15, 0.2) is 100 Å². The van der Waals surface area contributed by atoms with Gasteiger partial charge in [-0.25, -0.2) is 4.79 Å². The van der Waals surface area contributed by atoms with Gasteiger partial charge in [-0.2, -0.15) is 0 Å². The molecule has 0 unspecified atom stereocenters. The molecule has 30 heavy (non-hydrogen) atoms. The summed E-state index contributed by atoms with van der Waals surface area (Å²) in [7, 11) is 0. The van der Waals surface area contributed by atoms with Gasteiger partial charge in [0.25, 0.3) is 0 Å². The van der Waals surface area contributed by atoms with E-state index in [0.717, 1.165) is 16.5 Å². The van der Waals surface area contributed by atoms with Crippen LogP contribution in [0.25, 0.3) is 11.0 Å². The van der Waals surface area contributed by atoms with Gasteiger partial charge in [0, 0.05) is 17.1 Å². The predicted octanol–water partition coefficient (Wildman–Crippen LogP) is 4.44. The van der Waals surface area contributed by atoms with Crippen molar-refractivity contribution in [3.8, 4) is 0 Å².